The maximum atomic E-state index is 14.6. The molecule has 1 aliphatic heterocycles. The van der Waals surface area contributed by atoms with Crippen molar-refractivity contribution in [2.24, 2.45) is 5.92 Å². The minimum absolute atomic E-state index is 0.00563. The molecule has 0 bridgehead atoms. The molecule has 1 aliphatic rings. The molecule has 1 saturated heterocycles. The summed E-state index contributed by atoms with van der Waals surface area (Å²) < 4.78 is 77.1. The Balaban J connectivity index is 1.33. The Morgan fingerprint density at radius 2 is 2.00 bits per heavy atom. The Morgan fingerprint density at radius 3 is 2.62 bits per heavy atom. The minimum atomic E-state index is -4.62. The van der Waals surface area contributed by atoms with E-state index in [-0.39, 0.29) is 35.4 Å². The van der Waals surface area contributed by atoms with Gasteiger partial charge in [-0.2, -0.15) is 17.5 Å². The second kappa shape index (κ2) is 12.4. The molecule has 0 saturated carbocycles. The molecular weight excluding hydrogens is 557 g/mol. The summed E-state index contributed by atoms with van der Waals surface area (Å²) in [5.74, 6) is -4.16. The molecule has 40 heavy (non-hydrogen) atoms. The molecule has 4 heterocycles. The van der Waals surface area contributed by atoms with Crippen molar-refractivity contribution in [1.82, 2.24) is 24.2 Å². The highest BCUT2D eigenvalue weighted by atomic mass is 32.1. The number of aryl methyl sites for hydroxylation is 1. The predicted molar refractivity (Wildman–Crippen MR) is 139 cm³/mol. The second-order valence-electron chi connectivity index (χ2n) is 9.41. The zero-order valence-corrected chi connectivity index (χ0v) is 22.6. The number of rotatable bonds is 10. The van der Waals surface area contributed by atoms with Crippen LogP contribution in [0.3, 0.4) is 0 Å². The molecule has 1 amide bonds. The number of ether oxygens (including phenoxy) is 1. The first kappa shape index (κ1) is 29.5. The van der Waals surface area contributed by atoms with Gasteiger partial charge in [0.2, 0.25) is 5.88 Å². The van der Waals surface area contributed by atoms with Crippen molar-refractivity contribution in [1.29, 1.82) is 0 Å². The number of alkyl halides is 5. The Bertz CT molecular complexity index is 1290. The molecule has 2 N–H and O–H groups in total. The lowest BCUT2D eigenvalue weighted by Gasteiger charge is -2.38. The third kappa shape index (κ3) is 7.38. The molecule has 15 heteroatoms. The molecule has 0 aromatic carbocycles. The van der Waals surface area contributed by atoms with E-state index >= 15 is 0 Å². The van der Waals surface area contributed by atoms with Gasteiger partial charge < -0.3 is 15.4 Å². The molecule has 0 radical (unpaired) electrons. The smallest absolute Gasteiger partial charge is 0.434 e. The highest BCUT2D eigenvalue weighted by molar-refractivity contribution is 7.10. The highest BCUT2D eigenvalue weighted by Gasteiger charge is 2.44. The number of unbranched alkanes of at least 4 members (excludes halogenated alkanes) is 1. The maximum absolute atomic E-state index is 14.6. The van der Waals surface area contributed by atoms with Crippen LogP contribution < -0.4 is 15.4 Å². The number of aromatic nitrogens is 4. The van der Waals surface area contributed by atoms with Gasteiger partial charge in [-0.05, 0) is 50.5 Å². The van der Waals surface area contributed by atoms with Gasteiger partial charge in [-0.1, -0.05) is 13.3 Å². The van der Waals surface area contributed by atoms with Crippen LogP contribution in [0.2, 0.25) is 0 Å². The molecule has 1 atom stereocenters. The summed E-state index contributed by atoms with van der Waals surface area (Å²) in [4.78, 5) is 25.9. The van der Waals surface area contributed by atoms with Gasteiger partial charge in [-0.25, -0.2) is 23.7 Å². The van der Waals surface area contributed by atoms with Crippen LogP contribution in [-0.4, -0.2) is 62.3 Å². The van der Waals surface area contributed by atoms with Crippen LogP contribution in [0.5, 0.6) is 5.88 Å². The number of piperidine rings is 1. The monoisotopic (exact) mass is 585 g/mol. The van der Waals surface area contributed by atoms with Crippen LogP contribution in [0, 0.1) is 12.8 Å². The maximum Gasteiger partial charge on any atom is 0.434 e. The summed E-state index contributed by atoms with van der Waals surface area (Å²) in [6.45, 7) is 4.44. The predicted octanol–water partition coefficient (Wildman–Crippen LogP) is 5.79. The number of pyridine rings is 1. The summed E-state index contributed by atoms with van der Waals surface area (Å²) in [6, 6.07) is 3.00. The molecule has 9 nitrogen and oxygen atoms in total. The van der Waals surface area contributed by atoms with Crippen LogP contribution in [0.25, 0.3) is 0 Å². The fourth-order valence-corrected chi connectivity index (χ4v) is 4.93. The van der Waals surface area contributed by atoms with E-state index in [1.54, 1.807) is 11.8 Å². The van der Waals surface area contributed by atoms with E-state index in [1.165, 1.54) is 18.3 Å². The lowest BCUT2D eigenvalue weighted by Crippen LogP contribution is -2.50. The topological polar surface area (TPSA) is 105 Å². The molecule has 3 aromatic heterocycles. The first-order chi connectivity index (χ1) is 19.0. The van der Waals surface area contributed by atoms with E-state index in [1.807, 2.05) is 6.92 Å². The van der Waals surface area contributed by atoms with E-state index < -0.39 is 29.6 Å². The van der Waals surface area contributed by atoms with Crippen molar-refractivity contribution in [3.8, 4) is 5.88 Å². The number of nitrogens with one attached hydrogen (secondary N) is 2. The van der Waals surface area contributed by atoms with Crippen LogP contribution in [0.1, 0.15) is 47.9 Å². The van der Waals surface area contributed by atoms with Crippen molar-refractivity contribution >= 4 is 33.9 Å². The standard InChI is InChI=1S/C25H28F5N7O2S/c1-3-4-8-37-9-7-16(24(26,27)14-37)13-39-20-6-5-17(10-33-20)34-22(38)21-15(2)36-40-23(21)35-19-12-31-18(11-32-19)25(28,29)30/h5-6,10-12,16H,3-4,7-9,13-14H2,1-2H3,(H,32,35)(H,34,38). The molecule has 0 aliphatic carbocycles. The zero-order chi connectivity index (χ0) is 28.9. The van der Waals surface area contributed by atoms with Crippen molar-refractivity contribution < 1.29 is 31.5 Å². The van der Waals surface area contributed by atoms with Crippen molar-refractivity contribution in [3.05, 3.63) is 47.7 Å². The van der Waals surface area contributed by atoms with Gasteiger partial charge in [0, 0.05) is 6.07 Å². The zero-order valence-electron chi connectivity index (χ0n) is 21.8. The fraction of sp³-hybridized carbons (Fsp3) is 0.480. The average molecular weight is 586 g/mol. The quantitative estimate of drug-likeness (QED) is 0.288. The third-order valence-corrected chi connectivity index (χ3v) is 7.21. The number of carbonyl (C=O) groups is 1. The van der Waals surface area contributed by atoms with E-state index in [2.05, 4.69) is 30.0 Å². The van der Waals surface area contributed by atoms with Crippen LogP contribution in [0.4, 0.5) is 38.5 Å². The minimum Gasteiger partial charge on any atom is -0.477 e. The van der Waals surface area contributed by atoms with Crippen molar-refractivity contribution in [2.75, 3.05) is 36.9 Å². The Morgan fingerprint density at radius 1 is 1.20 bits per heavy atom. The van der Waals surface area contributed by atoms with Crippen LogP contribution >= 0.6 is 11.5 Å². The summed E-state index contributed by atoms with van der Waals surface area (Å²) in [7, 11) is 0. The second-order valence-corrected chi connectivity index (χ2v) is 10.2. The van der Waals surface area contributed by atoms with Gasteiger partial charge >= 0.3 is 6.18 Å². The third-order valence-electron chi connectivity index (χ3n) is 6.35. The largest absolute Gasteiger partial charge is 0.477 e. The van der Waals surface area contributed by atoms with Gasteiger partial charge in [-0.15, -0.1) is 0 Å². The summed E-state index contributed by atoms with van der Waals surface area (Å²) in [6.07, 6.45) is 0.379. The average Bonchev–Trinajstić information content (AvgIpc) is 3.26. The van der Waals surface area contributed by atoms with Crippen molar-refractivity contribution in [3.63, 3.8) is 0 Å². The fourth-order valence-electron chi connectivity index (χ4n) is 4.13. The van der Waals surface area contributed by atoms with Gasteiger partial charge in [0.1, 0.15) is 10.8 Å². The number of hydrogen-bond donors (Lipinski definition) is 2. The number of carbonyl (C=O) groups excluding carboxylic acids is 1. The highest BCUT2D eigenvalue weighted by Crippen LogP contribution is 2.34. The van der Waals surface area contributed by atoms with Crippen LogP contribution in [-0.2, 0) is 6.18 Å². The van der Waals surface area contributed by atoms with Gasteiger partial charge in [-0.3, -0.25) is 9.69 Å². The molecular formula is C25H28F5N7O2S. The number of halogens is 5. The van der Waals surface area contributed by atoms with Gasteiger partial charge in [0.05, 0.1) is 54.6 Å². The lowest BCUT2D eigenvalue weighted by atomic mass is 9.93. The normalized spacial score (nSPS) is 17.4. The Labute approximate surface area is 231 Å². The Kier molecular flexibility index (Phi) is 9.13. The molecule has 3 aromatic rings. The van der Waals surface area contributed by atoms with E-state index in [4.69, 9.17) is 4.74 Å². The first-order valence-corrected chi connectivity index (χ1v) is 13.4. The molecule has 1 fully saturated rings. The molecule has 1 unspecified atom stereocenters. The number of amides is 1. The SMILES string of the molecule is CCCCN1CCC(COc2ccc(NC(=O)c3c(C)nsc3Nc3cnc(C(F)(F)F)cn3)cn2)C(F)(F)C1. The summed E-state index contributed by atoms with van der Waals surface area (Å²) in [5, 5.41) is 5.70. The number of hydrogen-bond acceptors (Lipinski definition) is 9. The molecule has 0 spiro atoms. The number of anilines is 3. The van der Waals surface area contributed by atoms with E-state index in [0.29, 0.717) is 37.1 Å². The van der Waals surface area contributed by atoms with E-state index in [0.717, 1.165) is 30.6 Å². The number of nitrogens with zero attached hydrogens (tertiary/aromatic N) is 5. The van der Waals surface area contributed by atoms with Gasteiger partial charge in [0.25, 0.3) is 11.8 Å². The first-order valence-electron chi connectivity index (χ1n) is 12.6. The molecule has 4 rings (SSSR count). The Hall–Kier alpha value is -3.46. The summed E-state index contributed by atoms with van der Waals surface area (Å²) >= 11 is 0.934. The lowest BCUT2D eigenvalue weighted by molar-refractivity contribution is -0.141. The summed E-state index contributed by atoms with van der Waals surface area (Å²) in [5.41, 5.74) is -0.269. The van der Waals surface area contributed by atoms with E-state index in [9.17, 15) is 26.7 Å². The molecule has 216 valence electrons. The number of likely N-dealkylation sites (tertiary alicyclic amines) is 1. The van der Waals surface area contributed by atoms with Crippen LogP contribution in [0.15, 0.2) is 30.7 Å². The van der Waals surface area contributed by atoms with Gasteiger partial charge in [0.15, 0.2) is 5.69 Å². The van der Waals surface area contributed by atoms with Crippen molar-refractivity contribution in [2.45, 2.75) is 45.2 Å².